The lowest BCUT2D eigenvalue weighted by Crippen LogP contribution is -2.61. The maximum absolute atomic E-state index is 12.6. The lowest BCUT2D eigenvalue weighted by molar-refractivity contribution is -0.274. The summed E-state index contributed by atoms with van der Waals surface area (Å²) >= 11 is 0. The highest BCUT2D eigenvalue weighted by Crippen LogP contribution is 2.44. The molecule has 2 aromatic heterocycles. The number of pyridine rings is 1. The molecule has 2 aliphatic heterocycles. The molecule has 1 amide bonds. The highest BCUT2D eigenvalue weighted by Gasteiger charge is 2.52. The Morgan fingerprint density at radius 3 is 2.57 bits per heavy atom. The number of nitrogens with zero attached hydrogens (tertiary/aromatic N) is 4. The minimum absolute atomic E-state index is 0.227. The lowest BCUT2D eigenvalue weighted by Gasteiger charge is -2.47. The molecule has 162 valence electrons. The number of alkyl halides is 3. The number of fused-ring (bicyclic) bond motifs is 2. The van der Waals surface area contributed by atoms with Crippen molar-refractivity contribution in [3.8, 4) is 17.0 Å². The van der Waals surface area contributed by atoms with Crippen molar-refractivity contribution in [3.05, 3.63) is 24.0 Å². The first-order valence-corrected chi connectivity index (χ1v) is 9.43. The number of rotatable bonds is 2. The second-order valence-electron chi connectivity index (χ2n) is 8.66. The predicted molar refractivity (Wildman–Crippen MR) is 101 cm³/mol. The van der Waals surface area contributed by atoms with E-state index in [0.717, 1.165) is 12.1 Å². The van der Waals surface area contributed by atoms with E-state index in [1.54, 1.807) is 4.90 Å². The molecule has 4 heterocycles. The molecule has 30 heavy (non-hydrogen) atoms. The van der Waals surface area contributed by atoms with E-state index in [1.165, 1.54) is 12.3 Å². The van der Waals surface area contributed by atoms with Gasteiger partial charge < -0.3 is 20.1 Å². The first-order chi connectivity index (χ1) is 13.9. The summed E-state index contributed by atoms with van der Waals surface area (Å²) < 4.78 is 48.9. The van der Waals surface area contributed by atoms with Crippen LogP contribution in [-0.2, 0) is 16.7 Å². The summed E-state index contributed by atoms with van der Waals surface area (Å²) in [5.74, 6) is -0.922. The van der Waals surface area contributed by atoms with E-state index in [4.69, 9.17) is 10.5 Å². The Morgan fingerprint density at radius 2 is 1.93 bits per heavy atom. The normalized spacial score (nSPS) is 17.6. The van der Waals surface area contributed by atoms with Crippen molar-refractivity contribution in [1.29, 1.82) is 0 Å². The van der Waals surface area contributed by atoms with E-state index in [9.17, 15) is 18.0 Å². The number of nitrogen functional groups attached to an aromatic ring is 1. The Balaban J connectivity index is 1.54. The first kappa shape index (κ1) is 20.3. The van der Waals surface area contributed by atoms with Crippen LogP contribution in [0, 0.1) is 0 Å². The summed E-state index contributed by atoms with van der Waals surface area (Å²) in [5.41, 5.74) is 6.48. The summed E-state index contributed by atoms with van der Waals surface area (Å²) in [6.07, 6.45) is -3.04. The lowest BCUT2D eigenvalue weighted by atomic mass is 9.76. The van der Waals surface area contributed by atoms with E-state index in [0.29, 0.717) is 30.9 Å². The van der Waals surface area contributed by atoms with Gasteiger partial charge in [0.2, 0.25) is 0 Å². The third kappa shape index (κ3) is 3.75. The average Bonchev–Trinajstić information content (AvgIpc) is 3.11. The number of carbonyl (C=O) groups is 1. The maximum Gasteiger partial charge on any atom is 0.573 e. The van der Waals surface area contributed by atoms with Gasteiger partial charge in [0.05, 0.1) is 5.69 Å². The van der Waals surface area contributed by atoms with Gasteiger partial charge in [-0.05, 0) is 39.3 Å². The number of hydrogen-bond donors (Lipinski definition) is 1. The van der Waals surface area contributed by atoms with Gasteiger partial charge in [-0.3, -0.25) is 4.68 Å². The Morgan fingerprint density at radius 1 is 1.23 bits per heavy atom. The van der Waals surface area contributed by atoms with Gasteiger partial charge in [-0.25, -0.2) is 9.78 Å². The molecule has 8 nitrogen and oxygen atoms in total. The minimum Gasteiger partial charge on any atom is -0.444 e. The largest absolute Gasteiger partial charge is 0.573 e. The van der Waals surface area contributed by atoms with Crippen LogP contribution in [0.25, 0.3) is 11.3 Å². The van der Waals surface area contributed by atoms with Gasteiger partial charge in [-0.15, -0.1) is 13.2 Å². The third-order valence-electron chi connectivity index (χ3n) is 5.17. The fourth-order valence-corrected chi connectivity index (χ4v) is 3.86. The molecule has 2 aliphatic rings. The SMILES string of the molecule is CC(C)(C)OC(=O)N1CC2(CCn3nc(-c4cnc(N)c(OC(F)(F)F)c4)cc32)C1. The number of ether oxygens (including phenoxy) is 2. The van der Waals surface area contributed by atoms with Crippen LogP contribution < -0.4 is 10.5 Å². The Bertz CT molecular complexity index is 990. The number of carbonyl (C=O) groups excluding carboxylic acids is 1. The van der Waals surface area contributed by atoms with Crippen LogP contribution in [0.3, 0.4) is 0 Å². The second-order valence-corrected chi connectivity index (χ2v) is 8.66. The molecule has 11 heteroatoms. The van der Waals surface area contributed by atoms with Gasteiger partial charge in [-0.2, -0.15) is 5.10 Å². The van der Waals surface area contributed by atoms with Crippen LogP contribution in [0.5, 0.6) is 5.75 Å². The smallest absolute Gasteiger partial charge is 0.444 e. The standard InChI is InChI=1S/C19H22F3N5O3/c1-17(2,3)30-16(28)26-9-18(10-26)4-5-27-14(18)7-12(25-27)11-6-13(15(23)24-8-11)29-19(20,21)22/h6-8H,4-5,9-10H2,1-3H3,(H2,23,24). The molecular formula is C19H22F3N5O3. The highest BCUT2D eigenvalue weighted by molar-refractivity contribution is 5.71. The zero-order valence-corrected chi connectivity index (χ0v) is 16.8. The van der Waals surface area contributed by atoms with Gasteiger partial charge in [0, 0.05) is 42.5 Å². The van der Waals surface area contributed by atoms with Crippen molar-refractivity contribution < 1.29 is 27.4 Å². The van der Waals surface area contributed by atoms with Crippen LogP contribution in [0.15, 0.2) is 18.3 Å². The van der Waals surface area contributed by atoms with Crippen LogP contribution in [0.2, 0.25) is 0 Å². The summed E-state index contributed by atoms with van der Waals surface area (Å²) in [6.45, 7) is 7.12. The molecular weight excluding hydrogens is 403 g/mol. The Hall–Kier alpha value is -2.98. The average molecular weight is 425 g/mol. The summed E-state index contributed by atoms with van der Waals surface area (Å²) in [6, 6.07) is 3.00. The molecule has 0 bridgehead atoms. The van der Waals surface area contributed by atoms with Crippen molar-refractivity contribution >= 4 is 11.9 Å². The highest BCUT2D eigenvalue weighted by atomic mass is 19.4. The Kier molecular flexibility index (Phi) is 4.41. The molecule has 1 saturated heterocycles. The molecule has 0 atom stereocenters. The van der Waals surface area contributed by atoms with Crippen LogP contribution in [0.1, 0.15) is 32.9 Å². The molecule has 0 radical (unpaired) electrons. The van der Waals surface area contributed by atoms with Gasteiger partial charge in [0.25, 0.3) is 0 Å². The molecule has 4 rings (SSSR count). The molecule has 2 N–H and O–H groups in total. The molecule has 0 aromatic carbocycles. The summed E-state index contributed by atoms with van der Waals surface area (Å²) in [5, 5.41) is 4.50. The minimum atomic E-state index is -4.87. The number of likely N-dealkylation sites (tertiary alicyclic amines) is 1. The Labute approximate surface area is 170 Å². The fourth-order valence-electron chi connectivity index (χ4n) is 3.86. The number of nitrogens with two attached hydrogens (primary N) is 1. The molecule has 1 fully saturated rings. The van der Waals surface area contributed by atoms with Crippen molar-refractivity contribution in [2.24, 2.45) is 0 Å². The van der Waals surface area contributed by atoms with Gasteiger partial charge in [0.15, 0.2) is 11.6 Å². The van der Waals surface area contributed by atoms with Gasteiger partial charge >= 0.3 is 12.5 Å². The number of halogens is 3. The topological polar surface area (TPSA) is 95.5 Å². The number of hydrogen-bond acceptors (Lipinski definition) is 6. The van der Waals surface area contributed by atoms with E-state index in [-0.39, 0.29) is 17.3 Å². The van der Waals surface area contributed by atoms with Crippen molar-refractivity contribution in [2.75, 3.05) is 18.8 Å². The molecule has 0 saturated carbocycles. The van der Waals surface area contributed by atoms with Gasteiger partial charge in [-0.1, -0.05) is 0 Å². The van der Waals surface area contributed by atoms with Gasteiger partial charge in [0.1, 0.15) is 5.60 Å². The summed E-state index contributed by atoms with van der Waals surface area (Å²) in [7, 11) is 0. The van der Waals surface area contributed by atoms with E-state index in [1.807, 2.05) is 31.5 Å². The number of aromatic nitrogens is 3. The van der Waals surface area contributed by atoms with Crippen molar-refractivity contribution in [2.45, 2.75) is 51.1 Å². The molecule has 2 aromatic rings. The van der Waals surface area contributed by atoms with Crippen LogP contribution in [0.4, 0.5) is 23.8 Å². The fraction of sp³-hybridized carbons (Fsp3) is 0.526. The van der Waals surface area contributed by atoms with E-state index < -0.39 is 17.7 Å². The predicted octanol–water partition coefficient (Wildman–Crippen LogP) is 3.32. The van der Waals surface area contributed by atoms with Crippen LogP contribution >= 0.6 is 0 Å². The zero-order chi connectivity index (χ0) is 21.9. The van der Waals surface area contributed by atoms with Crippen molar-refractivity contribution in [1.82, 2.24) is 19.7 Å². The zero-order valence-electron chi connectivity index (χ0n) is 16.8. The molecule has 0 aliphatic carbocycles. The molecule has 1 spiro atoms. The van der Waals surface area contributed by atoms with Crippen LogP contribution in [-0.4, -0.2) is 50.8 Å². The van der Waals surface area contributed by atoms with E-state index in [2.05, 4.69) is 14.8 Å². The second kappa shape index (κ2) is 6.51. The first-order valence-electron chi connectivity index (χ1n) is 9.43. The van der Waals surface area contributed by atoms with E-state index >= 15 is 0 Å². The third-order valence-corrected chi connectivity index (χ3v) is 5.17. The summed E-state index contributed by atoms with van der Waals surface area (Å²) in [4.78, 5) is 17.7. The van der Waals surface area contributed by atoms with Crippen molar-refractivity contribution in [3.63, 3.8) is 0 Å². The monoisotopic (exact) mass is 425 g/mol. The number of amides is 1. The number of anilines is 1. The maximum atomic E-state index is 12.6. The number of aryl methyl sites for hydroxylation is 1. The quantitative estimate of drug-likeness (QED) is 0.793. The molecule has 0 unspecified atom stereocenters.